The number of hydrogen-bond acceptors (Lipinski definition) is 2. The number of nitrogens with zero attached hydrogens (tertiary/aromatic N) is 2. The number of allylic oxidation sites excluding steroid dienone is 1. The van der Waals surface area contributed by atoms with Crippen LogP contribution in [0.4, 0.5) is 18.0 Å². The topological polar surface area (TPSA) is 53.4 Å². The summed E-state index contributed by atoms with van der Waals surface area (Å²) in [6.07, 6.45) is 1.43. The van der Waals surface area contributed by atoms with Crippen LogP contribution in [0.25, 0.3) is 6.08 Å². The summed E-state index contributed by atoms with van der Waals surface area (Å²) in [7, 11) is 0. The molecule has 1 aliphatic heterocycles. The van der Waals surface area contributed by atoms with E-state index in [1.807, 2.05) is 6.08 Å². The molecule has 1 aliphatic carbocycles. The van der Waals surface area contributed by atoms with Crippen LogP contribution in [-0.4, -0.2) is 34.2 Å². The highest BCUT2D eigenvalue weighted by atomic mass is 19.4. The number of hydrogen-bond donors (Lipinski definition) is 1. The van der Waals surface area contributed by atoms with Crippen LogP contribution in [0, 0.1) is 5.41 Å². The van der Waals surface area contributed by atoms with Crippen LogP contribution in [0.3, 0.4) is 0 Å². The molecule has 2 fully saturated rings. The molecule has 1 spiro atoms. The van der Waals surface area contributed by atoms with Crippen LogP contribution in [0.15, 0.2) is 23.9 Å². The minimum Gasteiger partial charge on any atom is -0.465 e. The Bertz CT molecular complexity index is 620. The van der Waals surface area contributed by atoms with Gasteiger partial charge in [-0.05, 0) is 37.3 Å². The van der Waals surface area contributed by atoms with Gasteiger partial charge in [0.1, 0.15) is 5.69 Å². The number of pyridine rings is 1. The standard InChI is InChI=1S/C16H17F3N2O2/c17-16(18,19)13-2-1-12(8-20-13)7-11-3-5-15(6-4-11)9-21(10-15)14(22)23/h1-2,7-8H,3-6,9-10H2,(H,22,23). The lowest BCUT2D eigenvalue weighted by molar-refractivity contribution is -0.141. The van der Waals surface area contributed by atoms with Gasteiger partial charge in [-0.2, -0.15) is 13.2 Å². The first-order valence-corrected chi connectivity index (χ1v) is 7.48. The third kappa shape index (κ3) is 3.33. The molecule has 0 unspecified atom stereocenters. The summed E-state index contributed by atoms with van der Waals surface area (Å²) in [5.74, 6) is 0. The number of amides is 1. The van der Waals surface area contributed by atoms with Crippen molar-refractivity contribution in [3.05, 3.63) is 35.2 Å². The lowest BCUT2D eigenvalue weighted by Gasteiger charge is -2.51. The predicted molar refractivity (Wildman–Crippen MR) is 77.7 cm³/mol. The highest BCUT2D eigenvalue weighted by Gasteiger charge is 2.46. The number of rotatable bonds is 1. The maximum atomic E-state index is 12.5. The molecule has 1 amide bonds. The summed E-state index contributed by atoms with van der Waals surface area (Å²) < 4.78 is 37.4. The van der Waals surface area contributed by atoms with Gasteiger partial charge in [0.15, 0.2) is 0 Å². The number of aromatic nitrogens is 1. The molecule has 0 aromatic carbocycles. The van der Waals surface area contributed by atoms with Crippen molar-refractivity contribution in [1.82, 2.24) is 9.88 Å². The van der Waals surface area contributed by atoms with Gasteiger partial charge in [-0.3, -0.25) is 4.98 Å². The highest BCUT2D eigenvalue weighted by Crippen LogP contribution is 2.45. The quantitative estimate of drug-likeness (QED) is 0.847. The summed E-state index contributed by atoms with van der Waals surface area (Å²) in [5.41, 5.74) is 1.08. The normalized spacial score (nSPS) is 20.3. The second-order valence-corrected chi connectivity index (χ2v) is 6.42. The van der Waals surface area contributed by atoms with Crippen molar-refractivity contribution in [3.8, 4) is 0 Å². The zero-order chi connectivity index (χ0) is 16.7. The monoisotopic (exact) mass is 326 g/mol. The summed E-state index contributed by atoms with van der Waals surface area (Å²) in [5, 5.41) is 8.90. The fourth-order valence-corrected chi connectivity index (χ4v) is 3.35. The minimum atomic E-state index is -4.41. The number of carbonyl (C=O) groups is 1. The Morgan fingerprint density at radius 3 is 2.39 bits per heavy atom. The van der Waals surface area contributed by atoms with Crippen LogP contribution < -0.4 is 0 Å². The molecule has 2 aliphatic rings. The Balaban J connectivity index is 1.60. The van der Waals surface area contributed by atoms with Gasteiger partial charge in [0, 0.05) is 24.7 Å². The molecule has 3 rings (SSSR count). The SMILES string of the molecule is O=C(O)N1CC2(CCC(=Cc3ccc(C(F)(F)F)nc3)CC2)C1. The molecule has 124 valence electrons. The van der Waals surface area contributed by atoms with Crippen LogP contribution >= 0.6 is 0 Å². The Labute approximate surface area is 131 Å². The second kappa shape index (κ2) is 5.54. The van der Waals surface area contributed by atoms with Gasteiger partial charge in [0.05, 0.1) is 0 Å². The molecule has 1 saturated heterocycles. The van der Waals surface area contributed by atoms with Gasteiger partial charge in [0.25, 0.3) is 0 Å². The molecule has 0 bridgehead atoms. The summed E-state index contributed by atoms with van der Waals surface area (Å²) in [4.78, 5) is 15.7. The van der Waals surface area contributed by atoms with E-state index in [4.69, 9.17) is 5.11 Å². The number of alkyl halides is 3. The largest absolute Gasteiger partial charge is 0.465 e. The molecular formula is C16H17F3N2O2. The molecule has 2 heterocycles. The van der Waals surface area contributed by atoms with E-state index in [-0.39, 0.29) is 5.41 Å². The molecule has 1 aromatic rings. The Kier molecular flexibility index (Phi) is 3.82. The maximum absolute atomic E-state index is 12.5. The molecule has 1 saturated carbocycles. The third-order valence-electron chi connectivity index (χ3n) is 4.72. The molecule has 1 aromatic heterocycles. The molecule has 0 radical (unpaired) electrons. The first-order valence-electron chi connectivity index (χ1n) is 7.48. The van der Waals surface area contributed by atoms with E-state index in [1.54, 1.807) is 0 Å². The van der Waals surface area contributed by atoms with E-state index >= 15 is 0 Å². The van der Waals surface area contributed by atoms with Gasteiger partial charge in [0.2, 0.25) is 0 Å². The molecule has 7 heteroatoms. The molecule has 0 atom stereocenters. The summed E-state index contributed by atoms with van der Waals surface area (Å²) in [6.45, 7) is 1.19. The highest BCUT2D eigenvalue weighted by molar-refractivity contribution is 5.66. The van der Waals surface area contributed by atoms with E-state index in [9.17, 15) is 18.0 Å². The van der Waals surface area contributed by atoms with Crippen LogP contribution in [-0.2, 0) is 6.18 Å². The van der Waals surface area contributed by atoms with Gasteiger partial charge >= 0.3 is 12.3 Å². The van der Waals surface area contributed by atoms with E-state index in [1.165, 1.54) is 22.7 Å². The van der Waals surface area contributed by atoms with Gasteiger partial charge in [-0.25, -0.2) is 4.79 Å². The Morgan fingerprint density at radius 1 is 1.26 bits per heavy atom. The Morgan fingerprint density at radius 2 is 1.91 bits per heavy atom. The van der Waals surface area contributed by atoms with E-state index in [0.29, 0.717) is 18.7 Å². The molecule has 1 N–H and O–H groups in total. The number of likely N-dealkylation sites (tertiary alicyclic amines) is 1. The van der Waals surface area contributed by atoms with Crippen molar-refractivity contribution in [2.45, 2.75) is 31.9 Å². The molecule has 23 heavy (non-hydrogen) atoms. The Hall–Kier alpha value is -2.05. The van der Waals surface area contributed by atoms with Gasteiger partial charge < -0.3 is 10.0 Å². The third-order valence-corrected chi connectivity index (χ3v) is 4.72. The zero-order valence-corrected chi connectivity index (χ0v) is 12.4. The second-order valence-electron chi connectivity index (χ2n) is 6.42. The smallest absolute Gasteiger partial charge is 0.433 e. The maximum Gasteiger partial charge on any atom is 0.433 e. The lowest BCUT2D eigenvalue weighted by atomic mass is 9.67. The fraction of sp³-hybridized carbons (Fsp3) is 0.500. The van der Waals surface area contributed by atoms with Crippen molar-refractivity contribution < 1.29 is 23.1 Å². The zero-order valence-electron chi connectivity index (χ0n) is 12.4. The van der Waals surface area contributed by atoms with Gasteiger partial charge in [-0.15, -0.1) is 0 Å². The summed E-state index contributed by atoms with van der Waals surface area (Å²) >= 11 is 0. The average Bonchev–Trinajstić information content (AvgIpc) is 2.45. The lowest BCUT2D eigenvalue weighted by Crippen LogP contribution is -2.58. The van der Waals surface area contributed by atoms with E-state index in [2.05, 4.69) is 4.98 Å². The predicted octanol–water partition coefficient (Wildman–Crippen LogP) is 4.04. The van der Waals surface area contributed by atoms with Gasteiger partial charge in [-0.1, -0.05) is 17.7 Å². The summed E-state index contributed by atoms with van der Waals surface area (Å²) in [6, 6.07) is 2.43. The first-order chi connectivity index (χ1) is 10.8. The molecular weight excluding hydrogens is 309 g/mol. The van der Waals surface area contributed by atoms with Crippen LogP contribution in [0.5, 0.6) is 0 Å². The number of halogens is 3. The van der Waals surface area contributed by atoms with E-state index < -0.39 is 18.0 Å². The molecule has 4 nitrogen and oxygen atoms in total. The van der Waals surface area contributed by atoms with Crippen molar-refractivity contribution >= 4 is 12.2 Å². The average molecular weight is 326 g/mol. The number of carboxylic acid groups (broad SMARTS) is 1. The minimum absolute atomic E-state index is 0.105. The van der Waals surface area contributed by atoms with Crippen molar-refractivity contribution in [2.24, 2.45) is 5.41 Å². The van der Waals surface area contributed by atoms with Crippen molar-refractivity contribution in [3.63, 3.8) is 0 Å². The van der Waals surface area contributed by atoms with E-state index in [0.717, 1.165) is 31.7 Å². The van der Waals surface area contributed by atoms with Crippen LogP contribution in [0.1, 0.15) is 36.9 Å². The first kappa shape index (κ1) is 15.8. The van der Waals surface area contributed by atoms with Crippen molar-refractivity contribution in [2.75, 3.05) is 13.1 Å². The van der Waals surface area contributed by atoms with Crippen LogP contribution in [0.2, 0.25) is 0 Å². The fourth-order valence-electron chi connectivity index (χ4n) is 3.35. The van der Waals surface area contributed by atoms with Crippen molar-refractivity contribution in [1.29, 1.82) is 0 Å².